The smallest absolute Gasteiger partial charge is 0.246 e. The Kier molecular flexibility index (Phi) is 7.07. The number of halogens is 1. The van der Waals surface area contributed by atoms with E-state index in [2.05, 4.69) is 15.1 Å². The van der Waals surface area contributed by atoms with Crippen molar-refractivity contribution in [2.75, 3.05) is 14.2 Å². The van der Waals surface area contributed by atoms with Crippen molar-refractivity contribution in [3.63, 3.8) is 0 Å². The molecule has 1 fully saturated rings. The van der Waals surface area contributed by atoms with Crippen LogP contribution in [0.4, 0.5) is 0 Å². The first-order chi connectivity index (χ1) is 12.1. The highest BCUT2D eigenvalue weighted by atomic mass is 35.5. The van der Waals surface area contributed by atoms with Gasteiger partial charge in [-0.2, -0.15) is 4.98 Å². The zero-order chi connectivity index (χ0) is 17.8. The molecule has 1 amide bonds. The van der Waals surface area contributed by atoms with Crippen LogP contribution in [-0.2, 0) is 16.1 Å². The van der Waals surface area contributed by atoms with E-state index in [1.54, 1.807) is 31.3 Å². The fraction of sp³-hybridized carbons (Fsp3) is 0.529. The van der Waals surface area contributed by atoms with Crippen molar-refractivity contribution >= 4 is 18.3 Å². The fourth-order valence-electron chi connectivity index (χ4n) is 3.16. The van der Waals surface area contributed by atoms with Gasteiger partial charge in [-0.25, -0.2) is 0 Å². The van der Waals surface area contributed by atoms with Gasteiger partial charge < -0.3 is 19.9 Å². The molecule has 8 nitrogen and oxygen atoms in total. The summed E-state index contributed by atoms with van der Waals surface area (Å²) in [6.07, 6.45) is 3.79. The molecular weight excluding hydrogens is 358 g/mol. The lowest BCUT2D eigenvalue weighted by atomic mass is 9.83. The molecule has 0 radical (unpaired) electrons. The van der Waals surface area contributed by atoms with Crippen LogP contribution in [0.15, 0.2) is 28.9 Å². The fourth-order valence-corrected chi connectivity index (χ4v) is 3.16. The minimum atomic E-state index is -0.0899. The summed E-state index contributed by atoms with van der Waals surface area (Å²) in [7, 11) is 3.38. The van der Waals surface area contributed by atoms with Crippen LogP contribution in [0.1, 0.15) is 25.2 Å². The van der Waals surface area contributed by atoms with Gasteiger partial charge in [-0.1, -0.05) is 11.2 Å². The Morgan fingerprint density at radius 3 is 2.92 bits per heavy atom. The Balaban J connectivity index is 0.00000243. The van der Waals surface area contributed by atoms with E-state index >= 15 is 0 Å². The highest BCUT2D eigenvalue weighted by Gasteiger charge is 2.33. The molecule has 0 saturated heterocycles. The van der Waals surface area contributed by atoms with E-state index in [0.29, 0.717) is 23.8 Å². The molecule has 0 aliphatic heterocycles. The molecule has 9 heteroatoms. The van der Waals surface area contributed by atoms with E-state index in [-0.39, 0.29) is 42.9 Å². The van der Waals surface area contributed by atoms with Crippen molar-refractivity contribution in [2.45, 2.75) is 38.0 Å². The van der Waals surface area contributed by atoms with Gasteiger partial charge in [-0.3, -0.25) is 9.78 Å². The third-order valence-corrected chi connectivity index (χ3v) is 4.61. The van der Waals surface area contributed by atoms with Gasteiger partial charge >= 0.3 is 0 Å². The van der Waals surface area contributed by atoms with Crippen molar-refractivity contribution in [3.8, 4) is 11.5 Å². The lowest BCUT2D eigenvalue weighted by molar-refractivity contribution is -0.138. The number of carbonyl (C=O) groups is 1. The third-order valence-electron chi connectivity index (χ3n) is 4.61. The Morgan fingerprint density at radius 1 is 1.42 bits per heavy atom. The van der Waals surface area contributed by atoms with Crippen LogP contribution in [0.5, 0.6) is 0 Å². The maximum atomic E-state index is 12.7. The Morgan fingerprint density at radius 2 is 2.23 bits per heavy atom. The predicted octanol–water partition coefficient (Wildman–Crippen LogP) is 1.65. The highest BCUT2D eigenvalue weighted by molar-refractivity contribution is 5.85. The summed E-state index contributed by atoms with van der Waals surface area (Å²) < 4.78 is 10.6. The number of amides is 1. The molecular formula is C17H24ClN5O3. The number of hydrogen-bond acceptors (Lipinski definition) is 7. The van der Waals surface area contributed by atoms with Crippen LogP contribution in [0.3, 0.4) is 0 Å². The normalized spacial score (nSPS) is 22.5. The molecule has 3 rings (SSSR count). The minimum absolute atomic E-state index is 0. The van der Waals surface area contributed by atoms with E-state index < -0.39 is 0 Å². The van der Waals surface area contributed by atoms with Gasteiger partial charge in [0.2, 0.25) is 17.6 Å². The van der Waals surface area contributed by atoms with Gasteiger partial charge in [0.25, 0.3) is 0 Å². The van der Waals surface area contributed by atoms with Crippen LogP contribution < -0.4 is 5.73 Å². The number of aromatic nitrogens is 3. The summed E-state index contributed by atoms with van der Waals surface area (Å²) in [5.74, 6) is 0.756. The van der Waals surface area contributed by atoms with Crippen molar-refractivity contribution in [3.05, 3.63) is 30.3 Å². The molecule has 2 heterocycles. The molecule has 0 unspecified atom stereocenters. The SMILES string of the molecule is CO[C@H]1C[C@@H](C(=O)N(C)Cc2nc(-c3ccccn3)no2)CC[C@@H]1N.Cl. The van der Waals surface area contributed by atoms with E-state index in [9.17, 15) is 4.79 Å². The van der Waals surface area contributed by atoms with Crippen molar-refractivity contribution in [1.29, 1.82) is 0 Å². The van der Waals surface area contributed by atoms with Crippen molar-refractivity contribution < 1.29 is 14.1 Å². The van der Waals surface area contributed by atoms with Gasteiger partial charge in [-0.05, 0) is 31.4 Å². The second-order valence-electron chi connectivity index (χ2n) is 6.37. The Bertz CT molecular complexity index is 711. The van der Waals surface area contributed by atoms with Crippen LogP contribution >= 0.6 is 12.4 Å². The van der Waals surface area contributed by atoms with Gasteiger partial charge in [0.1, 0.15) is 5.69 Å². The molecule has 0 aromatic carbocycles. The lowest BCUT2D eigenvalue weighted by Crippen LogP contribution is -2.45. The first kappa shape index (κ1) is 20.3. The predicted molar refractivity (Wildman–Crippen MR) is 97.4 cm³/mol. The summed E-state index contributed by atoms with van der Waals surface area (Å²) in [5.41, 5.74) is 6.66. The molecule has 0 bridgehead atoms. The van der Waals surface area contributed by atoms with Gasteiger partial charge in [0, 0.05) is 32.3 Å². The van der Waals surface area contributed by atoms with E-state index in [1.165, 1.54) is 0 Å². The Labute approximate surface area is 158 Å². The summed E-state index contributed by atoms with van der Waals surface area (Å²) in [4.78, 5) is 22.8. The monoisotopic (exact) mass is 381 g/mol. The van der Waals surface area contributed by atoms with Gasteiger partial charge in [0.15, 0.2) is 0 Å². The first-order valence-electron chi connectivity index (χ1n) is 8.36. The van der Waals surface area contributed by atoms with Gasteiger partial charge in [0.05, 0.1) is 12.6 Å². The second-order valence-corrected chi connectivity index (χ2v) is 6.37. The average molecular weight is 382 g/mol. The number of rotatable bonds is 5. The first-order valence-corrected chi connectivity index (χ1v) is 8.36. The molecule has 1 saturated carbocycles. The maximum absolute atomic E-state index is 12.7. The quantitative estimate of drug-likeness (QED) is 0.838. The van der Waals surface area contributed by atoms with E-state index in [4.69, 9.17) is 15.0 Å². The largest absolute Gasteiger partial charge is 0.380 e. The van der Waals surface area contributed by atoms with Crippen molar-refractivity contribution in [1.82, 2.24) is 20.0 Å². The van der Waals surface area contributed by atoms with Crippen LogP contribution in [0.25, 0.3) is 11.5 Å². The molecule has 142 valence electrons. The van der Waals surface area contributed by atoms with Crippen LogP contribution in [0.2, 0.25) is 0 Å². The number of carbonyl (C=O) groups excluding carboxylic acids is 1. The molecule has 0 spiro atoms. The van der Waals surface area contributed by atoms with Crippen LogP contribution in [0, 0.1) is 5.92 Å². The summed E-state index contributed by atoms with van der Waals surface area (Å²) in [6, 6.07) is 5.48. The maximum Gasteiger partial charge on any atom is 0.246 e. The standard InChI is InChI=1S/C17H23N5O3.ClH/c1-22(17(23)11-6-7-12(18)14(9-11)24-2)10-15-20-16(21-25-15)13-5-3-4-8-19-13;/h3-5,8,11-12,14H,6-7,9-10,18H2,1-2H3;1H/t11-,12-,14-;/m0./s1. The number of methoxy groups -OCH3 is 1. The molecule has 2 aromatic heterocycles. The molecule has 2 N–H and O–H groups in total. The number of ether oxygens (including phenoxy) is 1. The van der Waals surface area contributed by atoms with Crippen LogP contribution in [-0.4, -0.2) is 52.2 Å². The topological polar surface area (TPSA) is 107 Å². The third kappa shape index (κ3) is 4.57. The molecule has 26 heavy (non-hydrogen) atoms. The minimum Gasteiger partial charge on any atom is -0.380 e. The van der Waals surface area contributed by atoms with E-state index in [1.807, 2.05) is 12.1 Å². The number of nitrogens with two attached hydrogens (primary N) is 1. The summed E-state index contributed by atoms with van der Waals surface area (Å²) >= 11 is 0. The number of pyridine rings is 1. The molecule has 1 aliphatic rings. The zero-order valence-electron chi connectivity index (χ0n) is 14.9. The molecule has 1 aliphatic carbocycles. The number of hydrogen-bond donors (Lipinski definition) is 1. The summed E-state index contributed by atoms with van der Waals surface area (Å²) in [5, 5.41) is 3.92. The zero-order valence-corrected chi connectivity index (χ0v) is 15.7. The molecule has 3 atom stereocenters. The van der Waals surface area contributed by atoms with E-state index in [0.717, 1.165) is 12.8 Å². The Hall–Kier alpha value is -2.03. The lowest BCUT2D eigenvalue weighted by Gasteiger charge is -2.33. The number of nitrogens with zero attached hydrogens (tertiary/aromatic N) is 4. The summed E-state index contributed by atoms with van der Waals surface area (Å²) in [6.45, 7) is 0.263. The van der Waals surface area contributed by atoms with Gasteiger partial charge in [-0.15, -0.1) is 12.4 Å². The second kappa shape index (κ2) is 9.07. The highest BCUT2D eigenvalue weighted by Crippen LogP contribution is 2.27. The average Bonchev–Trinajstić information content (AvgIpc) is 3.10. The molecule has 2 aromatic rings. The van der Waals surface area contributed by atoms with Crippen molar-refractivity contribution in [2.24, 2.45) is 11.7 Å².